The first kappa shape index (κ1) is 21.2. The van der Waals surface area contributed by atoms with Crippen molar-refractivity contribution in [2.75, 3.05) is 22.9 Å². The van der Waals surface area contributed by atoms with E-state index in [0.717, 1.165) is 0 Å². The normalized spacial score (nSPS) is 17.7. The van der Waals surface area contributed by atoms with E-state index in [4.69, 9.17) is 4.74 Å². The summed E-state index contributed by atoms with van der Waals surface area (Å²) in [5.41, 5.74) is 1.24. The Labute approximate surface area is 173 Å². The van der Waals surface area contributed by atoms with E-state index in [-0.39, 0.29) is 29.6 Å². The summed E-state index contributed by atoms with van der Waals surface area (Å²) in [7, 11) is -3.48. The molecule has 1 aromatic carbocycles. The van der Waals surface area contributed by atoms with Gasteiger partial charge in [0.05, 0.1) is 11.3 Å². The Morgan fingerprint density at radius 3 is 2.37 bits per heavy atom. The van der Waals surface area contributed by atoms with Crippen molar-refractivity contribution in [2.45, 2.75) is 20.0 Å². The molecule has 0 unspecified atom stereocenters. The first-order chi connectivity index (χ1) is 14.1. The van der Waals surface area contributed by atoms with Crippen molar-refractivity contribution in [3.63, 3.8) is 0 Å². The lowest BCUT2D eigenvalue weighted by Gasteiger charge is -2.27. The Balaban J connectivity index is 1.58. The Morgan fingerprint density at radius 1 is 1.10 bits per heavy atom. The third-order valence-electron chi connectivity index (χ3n) is 4.19. The molecule has 158 valence electrons. The molecule has 2 aliphatic heterocycles. The summed E-state index contributed by atoms with van der Waals surface area (Å²) >= 11 is 0. The third-order valence-corrected chi connectivity index (χ3v) is 5.35. The van der Waals surface area contributed by atoms with Gasteiger partial charge >= 0.3 is 5.97 Å². The van der Waals surface area contributed by atoms with E-state index in [1.54, 1.807) is 29.2 Å². The van der Waals surface area contributed by atoms with Crippen LogP contribution in [0.5, 0.6) is 0 Å². The van der Waals surface area contributed by atoms with Gasteiger partial charge in [-0.15, -0.1) is 4.40 Å². The maximum Gasteiger partial charge on any atom is 0.340 e. The summed E-state index contributed by atoms with van der Waals surface area (Å²) in [5.74, 6) is -1.37. The molecule has 0 saturated heterocycles. The minimum absolute atomic E-state index is 0.150. The van der Waals surface area contributed by atoms with Crippen molar-refractivity contribution in [1.29, 1.82) is 0 Å². The minimum atomic E-state index is -3.48. The minimum Gasteiger partial charge on any atom is -0.449 e. The van der Waals surface area contributed by atoms with Crippen LogP contribution >= 0.6 is 0 Å². The lowest BCUT2D eigenvalue weighted by atomic mass is 10.2. The number of rotatable bonds is 5. The topological polar surface area (TPSA) is 134 Å². The number of esters is 1. The lowest BCUT2D eigenvalue weighted by Crippen LogP contribution is -2.37. The van der Waals surface area contributed by atoms with Gasteiger partial charge in [-0.3, -0.25) is 9.59 Å². The standard InChI is InChI=1S/C19H20N4O6S/c1-12(18(25)21-16-6-4-15(5-7-16)20-13(2)24)29-19(26)14-3-8-17-22-30(27,28)10-9-23(17)11-14/h3-8,11-12H,9-10H2,1-2H3,(H,20,24)(H,21,25)/t12-/m1/s1. The first-order valence-electron chi connectivity index (χ1n) is 9.02. The second kappa shape index (κ2) is 8.49. The highest BCUT2D eigenvalue weighted by Crippen LogP contribution is 2.18. The van der Waals surface area contributed by atoms with Crippen LogP contribution in [0, 0.1) is 0 Å². The Bertz CT molecular complexity index is 1070. The molecule has 0 aromatic heterocycles. The number of nitrogens with one attached hydrogen (secondary N) is 2. The monoisotopic (exact) mass is 432 g/mol. The number of carbonyl (C=O) groups excluding carboxylic acids is 3. The molecule has 1 aromatic rings. The molecule has 0 spiro atoms. The Morgan fingerprint density at radius 2 is 1.73 bits per heavy atom. The van der Waals surface area contributed by atoms with Gasteiger partial charge in [-0.05, 0) is 43.3 Å². The second-order valence-corrected chi connectivity index (χ2v) is 8.40. The van der Waals surface area contributed by atoms with Gasteiger partial charge in [0.2, 0.25) is 5.91 Å². The number of benzene rings is 1. The highest BCUT2D eigenvalue weighted by atomic mass is 32.2. The molecule has 0 radical (unpaired) electrons. The van der Waals surface area contributed by atoms with Crippen LogP contribution in [0.15, 0.2) is 52.6 Å². The number of amides is 2. The van der Waals surface area contributed by atoms with Gasteiger partial charge in [-0.2, -0.15) is 0 Å². The molecule has 0 aliphatic carbocycles. The van der Waals surface area contributed by atoms with E-state index in [1.807, 2.05) is 0 Å². The fourth-order valence-corrected chi connectivity index (χ4v) is 3.66. The van der Waals surface area contributed by atoms with Crippen LogP contribution in [0.2, 0.25) is 0 Å². The predicted octanol–water partition coefficient (Wildman–Crippen LogP) is 1.01. The molecule has 30 heavy (non-hydrogen) atoms. The number of amidine groups is 1. The van der Waals surface area contributed by atoms with Crippen molar-refractivity contribution in [3.05, 3.63) is 48.2 Å². The number of nitrogens with zero attached hydrogens (tertiary/aromatic N) is 2. The average Bonchev–Trinajstić information content (AvgIpc) is 2.68. The zero-order valence-electron chi connectivity index (χ0n) is 16.3. The van der Waals surface area contributed by atoms with Gasteiger partial charge in [0.15, 0.2) is 6.10 Å². The molecule has 0 bridgehead atoms. The number of carbonyl (C=O) groups is 3. The van der Waals surface area contributed by atoms with Crippen molar-refractivity contribution >= 4 is 45.0 Å². The van der Waals surface area contributed by atoms with Crippen molar-refractivity contribution < 1.29 is 27.5 Å². The summed E-state index contributed by atoms with van der Waals surface area (Å²) in [6.07, 6.45) is 3.18. The maximum absolute atomic E-state index is 12.4. The molecule has 10 nitrogen and oxygen atoms in total. The van der Waals surface area contributed by atoms with E-state index in [9.17, 15) is 22.8 Å². The Hall–Kier alpha value is -3.47. The summed E-state index contributed by atoms with van der Waals surface area (Å²) in [5, 5.41) is 5.24. The van der Waals surface area contributed by atoms with Crippen LogP contribution in [0.1, 0.15) is 13.8 Å². The maximum atomic E-state index is 12.4. The molecule has 3 rings (SSSR count). The smallest absolute Gasteiger partial charge is 0.340 e. The molecule has 2 heterocycles. The van der Waals surface area contributed by atoms with Crippen LogP contribution in [-0.4, -0.2) is 55.3 Å². The van der Waals surface area contributed by atoms with Crippen LogP contribution in [0.25, 0.3) is 0 Å². The molecular formula is C19H20N4O6S. The molecular weight excluding hydrogens is 412 g/mol. The molecule has 0 fully saturated rings. The van der Waals surface area contributed by atoms with Crippen LogP contribution < -0.4 is 10.6 Å². The summed E-state index contributed by atoms with van der Waals surface area (Å²) in [4.78, 5) is 37.2. The van der Waals surface area contributed by atoms with E-state index in [1.165, 1.54) is 32.2 Å². The van der Waals surface area contributed by atoms with E-state index >= 15 is 0 Å². The zero-order valence-corrected chi connectivity index (χ0v) is 17.1. The molecule has 11 heteroatoms. The fourth-order valence-electron chi connectivity index (χ4n) is 2.69. The number of hydrogen-bond donors (Lipinski definition) is 2. The largest absolute Gasteiger partial charge is 0.449 e. The van der Waals surface area contributed by atoms with Gasteiger partial charge in [0.1, 0.15) is 5.84 Å². The number of hydrogen-bond acceptors (Lipinski definition) is 7. The van der Waals surface area contributed by atoms with Gasteiger partial charge < -0.3 is 20.3 Å². The first-order valence-corrected chi connectivity index (χ1v) is 10.6. The highest BCUT2D eigenvalue weighted by Gasteiger charge is 2.27. The SMILES string of the molecule is CC(=O)Nc1ccc(NC(=O)[C@@H](C)OC(=O)C2=CN3CCS(=O)(=O)N=C3C=C2)cc1. The third kappa shape index (κ3) is 5.32. The molecule has 2 amide bonds. The van der Waals surface area contributed by atoms with Gasteiger partial charge in [0, 0.05) is 31.0 Å². The number of fused-ring (bicyclic) bond motifs is 1. The van der Waals surface area contributed by atoms with Crippen molar-refractivity contribution in [1.82, 2.24) is 4.90 Å². The number of ether oxygens (including phenoxy) is 1. The van der Waals surface area contributed by atoms with Crippen LogP contribution in [0.3, 0.4) is 0 Å². The Kier molecular flexibility index (Phi) is 6.01. The summed E-state index contributed by atoms with van der Waals surface area (Å²) in [6, 6.07) is 6.47. The molecule has 2 N–H and O–H groups in total. The van der Waals surface area contributed by atoms with Crippen molar-refractivity contribution in [2.24, 2.45) is 4.40 Å². The number of anilines is 2. The molecule has 0 saturated carbocycles. The average molecular weight is 432 g/mol. The zero-order chi connectivity index (χ0) is 21.9. The summed E-state index contributed by atoms with van der Waals surface area (Å²) < 4.78 is 31.9. The van der Waals surface area contributed by atoms with E-state index in [0.29, 0.717) is 11.4 Å². The second-order valence-electron chi connectivity index (χ2n) is 6.64. The van der Waals surface area contributed by atoms with E-state index < -0.39 is 28.0 Å². The lowest BCUT2D eigenvalue weighted by molar-refractivity contribution is -0.149. The van der Waals surface area contributed by atoms with Gasteiger partial charge in [0.25, 0.3) is 15.9 Å². The molecule has 2 aliphatic rings. The van der Waals surface area contributed by atoms with Crippen molar-refractivity contribution in [3.8, 4) is 0 Å². The highest BCUT2D eigenvalue weighted by molar-refractivity contribution is 7.90. The quantitative estimate of drug-likeness (QED) is 0.663. The van der Waals surface area contributed by atoms with E-state index in [2.05, 4.69) is 15.0 Å². The predicted molar refractivity (Wildman–Crippen MR) is 110 cm³/mol. The van der Waals surface area contributed by atoms with Crippen LogP contribution in [-0.2, 0) is 29.1 Å². The van der Waals surface area contributed by atoms with Gasteiger partial charge in [-0.1, -0.05) is 0 Å². The number of sulfonamides is 1. The molecule has 1 atom stereocenters. The fraction of sp³-hybridized carbons (Fsp3) is 0.263. The summed E-state index contributed by atoms with van der Waals surface area (Å²) in [6.45, 7) is 3.00. The van der Waals surface area contributed by atoms with Crippen LogP contribution in [0.4, 0.5) is 11.4 Å². The van der Waals surface area contributed by atoms with Gasteiger partial charge in [-0.25, -0.2) is 13.2 Å².